The summed E-state index contributed by atoms with van der Waals surface area (Å²) >= 11 is 0.872. The maximum absolute atomic E-state index is 12.9. The van der Waals surface area contributed by atoms with Gasteiger partial charge in [-0.25, -0.2) is 4.98 Å². The molecule has 132 valence electrons. The van der Waals surface area contributed by atoms with Gasteiger partial charge in [-0.3, -0.25) is 19.2 Å². The van der Waals surface area contributed by atoms with Gasteiger partial charge in [0.15, 0.2) is 5.82 Å². The normalized spacial score (nSPS) is 12.0. The number of thiazole rings is 1. The van der Waals surface area contributed by atoms with Crippen molar-refractivity contribution in [2.24, 2.45) is 0 Å². The molecule has 0 spiro atoms. The Morgan fingerprint density at radius 1 is 1.15 bits per heavy atom. The first-order valence-electron chi connectivity index (χ1n) is 7.43. The van der Waals surface area contributed by atoms with Crippen LogP contribution in [0.2, 0.25) is 0 Å². The molecule has 6 nitrogen and oxygen atoms in total. The number of anilines is 1. The predicted octanol–water partition coefficient (Wildman–Crippen LogP) is 3.54. The summed E-state index contributed by atoms with van der Waals surface area (Å²) in [4.78, 5) is 24.7. The Balaban J connectivity index is 1.54. The molecule has 1 N–H and O–H groups in total. The van der Waals surface area contributed by atoms with E-state index in [1.54, 1.807) is 30.6 Å². The highest BCUT2D eigenvalue weighted by Crippen LogP contribution is 2.34. The minimum Gasteiger partial charge on any atom is -0.308 e. The van der Waals surface area contributed by atoms with Crippen LogP contribution in [0.15, 0.2) is 42.3 Å². The summed E-state index contributed by atoms with van der Waals surface area (Å²) in [5, 5.41) is 3.56. The van der Waals surface area contributed by atoms with E-state index in [2.05, 4.69) is 20.3 Å². The van der Waals surface area contributed by atoms with Crippen LogP contribution in [0, 0.1) is 0 Å². The third-order valence-corrected chi connectivity index (χ3v) is 4.67. The number of nitrogens with zero attached hydrogens (tertiary/aromatic N) is 4. The number of benzene rings is 1. The van der Waals surface area contributed by atoms with Crippen LogP contribution in [0.1, 0.15) is 11.3 Å². The lowest BCUT2D eigenvalue weighted by Crippen LogP contribution is -2.14. The molecule has 0 saturated heterocycles. The molecule has 4 rings (SSSR count). The van der Waals surface area contributed by atoms with Gasteiger partial charge in [0.05, 0.1) is 17.5 Å². The number of alkyl halides is 3. The van der Waals surface area contributed by atoms with Gasteiger partial charge in [0.2, 0.25) is 5.91 Å². The number of fused-ring (bicyclic) bond motifs is 2. The van der Waals surface area contributed by atoms with E-state index < -0.39 is 11.9 Å². The lowest BCUT2D eigenvalue weighted by molar-refractivity contribution is -0.141. The Hall–Kier alpha value is -3.01. The molecule has 3 heterocycles. The van der Waals surface area contributed by atoms with E-state index in [4.69, 9.17) is 0 Å². The summed E-state index contributed by atoms with van der Waals surface area (Å²) in [6, 6.07) is 5.26. The molecule has 1 aromatic carbocycles. The van der Waals surface area contributed by atoms with Crippen LogP contribution < -0.4 is 5.32 Å². The second-order valence-corrected chi connectivity index (χ2v) is 6.35. The summed E-state index contributed by atoms with van der Waals surface area (Å²) in [7, 11) is 0. The molecule has 4 aromatic rings. The van der Waals surface area contributed by atoms with Crippen LogP contribution >= 0.6 is 11.3 Å². The number of hydrogen-bond donors (Lipinski definition) is 1. The lowest BCUT2D eigenvalue weighted by atomic mass is 10.1. The average molecular weight is 377 g/mol. The van der Waals surface area contributed by atoms with Crippen LogP contribution in [0.25, 0.3) is 15.9 Å². The smallest absolute Gasteiger partial charge is 0.308 e. The van der Waals surface area contributed by atoms with E-state index in [0.29, 0.717) is 16.6 Å². The molecule has 10 heteroatoms. The van der Waals surface area contributed by atoms with Crippen molar-refractivity contribution in [2.45, 2.75) is 12.6 Å². The van der Waals surface area contributed by atoms with E-state index >= 15 is 0 Å². The molecule has 0 fully saturated rings. The van der Waals surface area contributed by atoms with Crippen molar-refractivity contribution in [3.05, 3.63) is 53.6 Å². The number of rotatable bonds is 3. The maximum atomic E-state index is 12.9. The second-order valence-electron chi connectivity index (χ2n) is 5.49. The quantitative estimate of drug-likeness (QED) is 0.593. The molecule has 26 heavy (non-hydrogen) atoms. The van der Waals surface area contributed by atoms with E-state index in [1.807, 2.05) is 0 Å². The third kappa shape index (κ3) is 2.99. The highest BCUT2D eigenvalue weighted by atomic mass is 32.1. The lowest BCUT2D eigenvalue weighted by Gasteiger charge is -2.04. The molecule has 0 bridgehead atoms. The van der Waals surface area contributed by atoms with Gasteiger partial charge in [0, 0.05) is 17.8 Å². The van der Waals surface area contributed by atoms with Crippen LogP contribution in [0.5, 0.6) is 0 Å². The standard InChI is InChI=1S/C16H10F3N5OS/c17-16(18,19)12-7-26-15-14(22-8-24(12)15)23-13(25)6-9-1-2-10-11(5-9)21-4-3-20-10/h1-5,7-8H,6H2,(H,23,25). The van der Waals surface area contributed by atoms with Crippen LogP contribution in [0.4, 0.5) is 19.0 Å². The summed E-state index contributed by atoms with van der Waals surface area (Å²) < 4.78 is 39.6. The van der Waals surface area contributed by atoms with Crippen LogP contribution in [-0.2, 0) is 17.4 Å². The van der Waals surface area contributed by atoms with Gasteiger partial charge < -0.3 is 5.32 Å². The number of halogens is 3. The molecule has 1 amide bonds. The first-order valence-corrected chi connectivity index (χ1v) is 8.31. The zero-order valence-electron chi connectivity index (χ0n) is 13.0. The zero-order valence-corrected chi connectivity index (χ0v) is 13.8. The number of aromatic nitrogens is 4. The predicted molar refractivity (Wildman–Crippen MR) is 89.9 cm³/mol. The third-order valence-electron chi connectivity index (χ3n) is 3.71. The van der Waals surface area contributed by atoms with Crippen molar-refractivity contribution < 1.29 is 18.0 Å². The maximum Gasteiger partial charge on any atom is 0.432 e. The molecular formula is C16H10F3N5OS. The summed E-state index contributed by atoms with van der Waals surface area (Å²) in [6.07, 6.45) is -0.247. The van der Waals surface area contributed by atoms with Crippen molar-refractivity contribution in [1.82, 2.24) is 19.4 Å². The molecular weight excluding hydrogens is 367 g/mol. The molecule has 3 aromatic heterocycles. The number of carbonyl (C=O) groups is 1. The number of amides is 1. The van der Waals surface area contributed by atoms with Gasteiger partial charge in [-0.15, -0.1) is 11.3 Å². The monoisotopic (exact) mass is 377 g/mol. The topological polar surface area (TPSA) is 72.2 Å². The fourth-order valence-electron chi connectivity index (χ4n) is 2.56. The van der Waals surface area contributed by atoms with Crippen LogP contribution in [-0.4, -0.2) is 25.3 Å². The Bertz CT molecular complexity index is 1120. The molecule has 0 aliphatic heterocycles. The van der Waals surface area contributed by atoms with Crippen molar-refractivity contribution in [1.29, 1.82) is 0 Å². The highest BCUT2D eigenvalue weighted by molar-refractivity contribution is 7.16. The molecule has 0 saturated carbocycles. The second kappa shape index (κ2) is 6.06. The van der Waals surface area contributed by atoms with E-state index in [0.717, 1.165) is 27.4 Å². The number of hydrogen-bond acceptors (Lipinski definition) is 5. The van der Waals surface area contributed by atoms with Crippen LogP contribution in [0.3, 0.4) is 0 Å². The van der Waals surface area contributed by atoms with Crippen molar-refractivity contribution >= 4 is 38.9 Å². The molecule has 0 aliphatic rings. The Morgan fingerprint density at radius 2 is 1.92 bits per heavy atom. The van der Waals surface area contributed by atoms with E-state index in [9.17, 15) is 18.0 Å². The molecule has 0 radical (unpaired) electrons. The van der Waals surface area contributed by atoms with Gasteiger partial charge in [-0.2, -0.15) is 13.2 Å². The Labute approximate surface area is 148 Å². The molecule has 0 atom stereocenters. The van der Waals surface area contributed by atoms with Gasteiger partial charge in [-0.05, 0) is 17.7 Å². The van der Waals surface area contributed by atoms with Crippen molar-refractivity contribution in [2.75, 3.05) is 5.32 Å². The largest absolute Gasteiger partial charge is 0.432 e. The number of imidazole rings is 1. The first-order chi connectivity index (χ1) is 12.4. The minimum absolute atomic E-state index is 0.0447. The van der Waals surface area contributed by atoms with Gasteiger partial charge in [0.25, 0.3) is 0 Å². The first kappa shape index (κ1) is 16.5. The summed E-state index contributed by atoms with van der Waals surface area (Å²) in [5.74, 6) is -0.271. The van der Waals surface area contributed by atoms with Gasteiger partial charge in [-0.1, -0.05) is 6.07 Å². The zero-order chi connectivity index (χ0) is 18.3. The summed E-state index contributed by atoms with van der Waals surface area (Å²) in [5.41, 5.74) is 1.27. The molecule has 0 unspecified atom stereocenters. The fourth-order valence-corrected chi connectivity index (χ4v) is 3.50. The summed E-state index contributed by atoms with van der Waals surface area (Å²) in [6.45, 7) is 0. The van der Waals surface area contributed by atoms with Gasteiger partial charge >= 0.3 is 6.18 Å². The Morgan fingerprint density at radius 3 is 2.69 bits per heavy atom. The highest BCUT2D eigenvalue weighted by Gasteiger charge is 2.35. The number of nitrogens with one attached hydrogen (secondary N) is 1. The van der Waals surface area contributed by atoms with Crippen molar-refractivity contribution in [3.8, 4) is 0 Å². The molecule has 0 aliphatic carbocycles. The van der Waals surface area contributed by atoms with E-state index in [1.165, 1.54) is 0 Å². The SMILES string of the molecule is O=C(Cc1ccc2nccnc2c1)Nc1ncn2c(C(F)(F)F)csc12. The minimum atomic E-state index is -4.48. The fraction of sp³-hybridized carbons (Fsp3) is 0.125. The number of carbonyl (C=O) groups excluding carboxylic acids is 1. The Kier molecular flexibility index (Phi) is 3.83. The van der Waals surface area contributed by atoms with Gasteiger partial charge in [0.1, 0.15) is 16.9 Å². The van der Waals surface area contributed by atoms with Crippen molar-refractivity contribution in [3.63, 3.8) is 0 Å². The average Bonchev–Trinajstić information content (AvgIpc) is 3.17. The van der Waals surface area contributed by atoms with E-state index in [-0.39, 0.29) is 23.0 Å².